The molecule has 5 heteroatoms. The fourth-order valence-corrected chi connectivity index (χ4v) is 3.13. The second-order valence-corrected chi connectivity index (χ2v) is 5.79. The van der Waals surface area contributed by atoms with E-state index in [-0.39, 0.29) is 11.4 Å². The number of halogens is 1. The number of hydrogen-bond acceptors (Lipinski definition) is 4. The summed E-state index contributed by atoms with van der Waals surface area (Å²) in [6, 6.07) is 9.86. The van der Waals surface area contributed by atoms with E-state index in [1.807, 2.05) is 19.9 Å². The lowest BCUT2D eigenvalue weighted by Gasteiger charge is -2.06. The van der Waals surface area contributed by atoms with Gasteiger partial charge < -0.3 is 14.0 Å². The smallest absolute Gasteiger partial charge is 0.255 e. The second kappa shape index (κ2) is 5.23. The predicted octanol–water partition coefficient (Wildman–Crippen LogP) is 4.89. The van der Waals surface area contributed by atoms with Crippen molar-refractivity contribution in [3.63, 3.8) is 0 Å². The summed E-state index contributed by atoms with van der Waals surface area (Å²) in [6.07, 6.45) is 1.67. The molecule has 1 N–H and O–H groups in total. The largest absolute Gasteiger partial charge is 0.463 e. The number of rotatable bonds is 1. The maximum Gasteiger partial charge on any atom is 0.255 e. The monoisotopic (exact) mass is 323 g/mol. The first-order valence-corrected chi connectivity index (χ1v) is 7.48. The predicted molar refractivity (Wildman–Crippen MR) is 88.2 cm³/mol. The fraction of sp³-hybridized carbons (Fsp3) is 0.105. The summed E-state index contributed by atoms with van der Waals surface area (Å²) in [4.78, 5) is 0. The third-order valence-corrected chi connectivity index (χ3v) is 4.21. The van der Waals surface area contributed by atoms with Crippen molar-refractivity contribution in [3.8, 4) is 11.1 Å². The van der Waals surface area contributed by atoms with Crippen LogP contribution in [0.3, 0.4) is 0 Å². The van der Waals surface area contributed by atoms with Gasteiger partial charge in [0, 0.05) is 17.0 Å². The van der Waals surface area contributed by atoms with Crippen molar-refractivity contribution in [1.82, 2.24) is 0 Å². The molecule has 0 unspecified atom stereocenters. The molecule has 4 nitrogen and oxygen atoms in total. The van der Waals surface area contributed by atoms with Crippen LogP contribution in [0.4, 0.5) is 4.39 Å². The molecule has 2 aromatic carbocycles. The highest BCUT2D eigenvalue weighted by Crippen LogP contribution is 2.38. The molecule has 0 spiro atoms. The van der Waals surface area contributed by atoms with Gasteiger partial charge in [-0.15, -0.1) is 0 Å². The summed E-state index contributed by atoms with van der Waals surface area (Å²) in [5.74, 6) is -0.274. The van der Waals surface area contributed by atoms with Gasteiger partial charge in [0.2, 0.25) is 0 Å². The highest BCUT2D eigenvalue weighted by atomic mass is 19.1. The highest BCUT2D eigenvalue weighted by Gasteiger charge is 2.16. The van der Waals surface area contributed by atoms with Gasteiger partial charge in [-0.2, -0.15) is 0 Å². The van der Waals surface area contributed by atoms with Crippen LogP contribution in [0, 0.1) is 19.7 Å². The van der Waals surface area contributed by atoms with Crippen LogP contribution in [-0.4, -0.2) is 5.21 Å². The van der Waals surface area contributed by atoms with E-state index < -0.39 is 0 Å². The Morgan fingerprint density at radius 3 is 2.42 bits per heavy atom. The van der Waals surface area contributed by atoms with Crippen molar-refractivity contribution in [3.05, 3.63) is 65.2 Å². The Hall–Kier alpha value is -3.08. The molecule has 0 saturated carbocycles. The van der Waals surface area contributed by atoms with Crippen LogP contribution in [0.2, 0.25) is 0 Å². The van der Waals surface area contributed by atoms with Crippen molar-refractivity contribution >= 4 is 21.9 Å². The van der Waals surface area contributed by atoms with Crippen molar-refractivity contribution in [2.45, 2.75) is 13.8 Å². The van der Waals surface area contributed by atoms with Crippen LogP contribution in [-0.2, 0) is 0 Å². The molecule has 0 bridgehead atoms. The molecule has 4 aromatic rings. The molecular formula is C19H14FNO3. The first-order chi connectivity index (χ1) is 11.6. The molecule has 0 atom stereocenters. The normalized spacial score (nSPS) is 12.4. The van der Waals surface area contributed by atoms with E-state index in [0.29, 0.717) is 11.2 Å². The lowest BCUT2D eigenvalue weighted by Crippen LogP contribution is -2.01. The first kappa shape index (κ1) is 14.5. The number of benzene rings is 2. The third-order valence-electron chi connectivity index (χ3n) is 4.21. The summed E-state index contributed by atoms with van der Waals surface area (Å²) in [6.45, 7) is 3.86. The quantitative estimate of drug-likeness (QED) is 0.401. The molecule has 0 saturated heterocycles. The Kier molecular flexibility index (Phi) is 3.16. The Balaban J connectivity index is 2.10. The Bertz CT molecular complexity index is 1140. The Labute approximate surface area is 136 Å². The van der Waals surface area contributed by atoms with Gasteiger partial charge >= 0.3 is 0 Å². The molecular weight excluding hydrogens is 309 g/mol. The van der Waals surface area contributed by atoms with Crippen molar-refractivity contribution < 1.29 is 18.4 Å². The van der Waals surface area contributed by atoms with E-state index >= 15 is 0 Å². The number of nitrogens with zero attached hydrogens (tertiary/aromatic N) is 1. The molecule has 0 amide bonds. The number of aryl methyl sites for hydroxylation is 2. The fourth-order valence-electron chi connectivity index (χ4n) is 3.13. The molecule has 0 aliphatic rings. The Morgan fingerprint density at radius 2 is 1.71 bits per heavy atom. The van der Waals surface area contributed by atoms with Crippen molar-refractivity contribution in [2.24, 2.45) is 5.16 Å². The second-order valence-electron chi connectivity index (χ2n) is 5.79. The van der Waals surface area contributed by atoms with Crippen LogP contribution in [0.15, 0.2) is 56.7 Å². The molecule has 0 fully saturated rings. The van der Waals surface area contributed by atoms with Crippen molar-refractivity contribution in [1.29, 1.82) is 0 Å². The van der Waals surface area contributed by atoms with Gasteiger partial charge in [-0.05, 0) is 53.9 Å². The van der Waals surface area contributed by atoms with E-state index in [4.69, 9.17) is 14.0 Å². The van der Waals surface area contributed by atoms with E-state index in [2.05, 4.69) is 5.16 Å². The van der Waals surface area contributed by atoms with E-state index in [9.17, 15) is 4.39 Å². The Morgan fingerprint density at radius 1 is 1.00 bits per heavy atom. The maximum absolute atomic E-state index is 13.2. The van der Waals surface area contributed by atoms with Crippen LogP contribution in [0.1, 0.15) is 11.1 Å². The van der Waals surface area contributed by atoms with Gasteiger partial charge in [0.05, 0.1) is 11.6 Å². The number of hydrogen-bond donors (Lipinski definition) is 1. The molecule has 0 aliphatic carbocycles. The van der Waals surface area contributed by atoms with E-state index in [0.717, 1.165) is 33.0 Å². The first-order valence-electron chi connectivity index (χ1n) is 7.48. The number of fused-ring (bicyclic) bond motifs is 3. The lowest BCUT2D eigenvalue weighted by molar-refractivity contribution is 0.277. The van der Waals surface area contributed by atoms with Gasteiger partial charge in [0.25, 0.3) is 5.55 Å². The zero-order valence-electron chi connectivity index (χ0n) is 13.1. The topological polar surface area (TPSA) is 58.9 Å². The van der Waals surface area contributed by atoms with Crippen LogP contribution >= 0.6 is 0 Å². The molecule has 0 aliphatic heterocycles. The maximum atomic E-state index is 13.2. The molecule has 2 heterocycles. The lowest BCUT2D eigenvalue weighted by atomic mass is 9.98. The third kappa shape index (κ3) is 2.09. The summed E-state index contributed by atoms with van der Waals surface area (Å²) >= 11 is 0. The number of furan rings is 1. The zero-order valence-corrected chi connectivity index (χ0v) is 13.1. The molecule has 2 aromatic heterocycles. The minimum absolute atomic E-state index is 0.143. The standard InChI is InChI=1S/C19H14FNO3/c1-10-7-15-18(11(2)8-16(21-22)24-15)19-17(10)14(9-23-19)12-3-5-13(20)6-4-12/h3-9,22H,1-2H3. The van der Waals surface area contributed by atoms with Gasteiger partial charge in [-0.3, -0.25) is 0 Å². The summed E-state index contributed by atoms with van der Waals surface area (Å²) in [7, 11) is 0. The van der Waals surface area contributed by atoms with Crippen molar-refractivity contribution in [2.75, 3.05) is 0 Å². The average Bonchev–Trinajstić information content (AvgIpc) is 3.00. The highest BCUT2D eigenvalue weighted by molar-refractivity contribution is 6.10. The van der Waals surface area contributed by atoms with Crippen LogP contribution in [0.25, 0.3) is 33.1 Å². The molecule has 4 rings (SSSR count). The molecule has 24 heavy (non-hydrogen) atoms. The summed E-state index contributed by atoms with van der Waals surface area (Å²) in [5.41, 5.74) is 5.07. The minimum Gasteiger partial charge on any atom is -0.463 e. The van der Waals surface area contributed by atoms with Gasteiger partial charge in [-0.25, -0.2) is 4.39 Å². The van der Waals surface area contributed by atoms with Gasteiger partial charge in [0.1, 0.15) is 17.0 Å². The minimum atomic E-state index is -0.274. The molecule has 120 valence electrons. The molecule has 0 radical (unpaired) electrons. The average molecular weight is 323 g/mol. The van der Waals surface area contributed by atoms with E-state index in [1.54, 1.807) is 24.5 Å². The summed E-state index contributed by atoms with van der Waals surface area (Å²) in [5, 5.41) is 13.9. The summed E-state index contributed by atoms with van der Waals surface area (Å²) < 4.78 is 24.6. The van der Waals surface area contributed by atoms with Crippen LogP contribution in [0.5, 0.6) is 0 Å². The SMILES string of the molecule is Cc1cc2oc(=NO)cc(C)c2c2occ(-c3ccc(F)cc3)c12. The van der Waals surface area contributed by atoms with Gasteiger partial charge in [0.15, 0.2) is 0 Å². The zero-order chi connectivity index (χ0) is 16.8. The van der Waals surface area contributed by atoms with Crippen LogP contribution < -0.4 is 5.55 Å². The van der Waals surface area contributed by atoms with E-state index in [1.165, 1.54) is 12.1 Å². The van der Waals surface area contributed by atoms with Gasteiger partial charge in [-0.1, -0.05) is 12.1 Å².